The highest BCUT2D eigenvalue weighted by Gasteiger charge is 2.31. The van der Waals surface area contributed by atoms with Gasteiger partial charge in [-0.05, 0) is 29.7 Å². The zero-order chi connectivity index (χ0) is 27.5. The zero-order valence-corrected chi connectivity index (χ0v) is 22.0. The van der Waals surface area contributed by atoms with E-state index in [4.69, 9.17) is 21.1 Å². The third-order valence-electron chi connectivity index (χ3n) is 5.83. The van der Waals surface area contributed by atoms with Gasteiger partial charge in [-0.2, -0.15) is 0 Å². The number of nitro benzene ring substituents is 1. The molecule has 9 nitrogen and oxygen atoms in total. The molecule has 0 unspecified atom stereocenters. The van der Waals surface area contributed by atoms with E-state index in [1.165, 1.54) is 30.2 Å². The first-order chi connectivity index (χ1) is 18.3. The van der Waals surface area contributed by atoms with Crippen molar-refractivity contribution in [2.75, 3.05) is 20.3 Å². The van der Waals surface area contributed by atoms with Crippen molar-refractivity contribution in [2.24, 2.45) is 0 Å². The van der Waals surface area contributed by atoms with Gasteiger partial charge in [0.25, 0.3) is 5.91 Å². The predicted octanol–water partition coefficient (Wildman–Crippen LogP) is 4.80. The Bertz CT molecular complexity index is 1250. The van der Waals surface area contributed by atoms with E-state index in [-0.39, 0.29) is 36.1 Å². The zero-order valence-electron chi connectivity index (χ0n) is 21.3. The van der Waals surface area contributed by atoms with Gasteiger partial charge in [-0.15, -0.1) is 0 Å². The minimum atomic E-state index is -0.831. The van der Waals surface area contributed by atoms with Crippen LogP contribution in [0.2, 0.25) is 5.02 Å². The van der Waals surface area contributed by atoms with E-state index in [1.54, 1.807) is 18.2 Å². The van der Waals surface area contributed by atoms with Gasteiger partial charge in [0.1, 0.15) is 11.8 Å². The number of nitro groups is 1. The van der Waals surface area contributed by atoms with Crippen LogP contribution < -0.4 is 14.8 Å². The van der Waals surface area contributed by atoms with Crippen LogP contribution in [0.25, 0.3) is 0 Å². The standard InChI is InChI=1S/C28H30ClN3O6/c1-3-15-30-28(34)25(16-20-9-5-4-6-10-20)31(18-21-11-7-8-12-23(21)29)27(33)19-38-22-13-14-24(32(35)36)26(17-22)37-2/h4-14,17,25H,3,15-16,18-19H2,1-2H3,(H,30,34)/t25-/m0/s1. The smallest absolute Gasteiger partial charge is 0.311 e. The Kier molecular flexibility index (Phi) is 10.5. The number of nitrogens with zero attached hydrogens (tertiary/aromatic N) is 2. The number of carbonyl (C=O) groups excluding carboxylic acids is 2. The second kappa shape index (κ2) is 14.0. The molecule has 200 valence electrons. The number of rotatable bonds is 13. The second-order valence-electron chi connectivity index (χ2n) is 8.49. The van der Waals surface area contributed by atoms with E-state index in [0.717, 1.165) is 12.0 Å². The summed E-state index contributed by atoms with van der Waals surface area (Å²) in [4.78, 5) is 39.0. The lowest BCUT2D eigenvalue weighted by atomic mass is 10.0. The van der Waals surface area contributed by atoms with Crippen molar-refractivity contribution in [2.45, 2.75) is 32.4 Å². The van der Waals surface area contributed by atoms with E-state index in [9.17, 15) is 19.7 Å². The number of methoxy groups -OCH3 is 1. The summed E-state index contributed by atoms with van der Waals surface area (Å²) < 4.78 is 10.8. The van der Waals surface area contributed by atoms with Crippen LogP contribution >= 0.6 is 11.6 Å². The maximum Gasteiger partial charge on any atom is 0.311 e. The third-order valence-corrected chi connectivity index (χ3v) is 6.20. The Balaban J connectivity index is 1.91. The molecule has 1 N–H and O–H groups in total. The van der Waals surface area contributed by atoms with Crippen LogP contribution in [0.15, 0.2) is 72.8 Å². The number of hydrogen-bond donors (Lipinski definition) is 1. The van der Waals surface area contributed by atoms with Crippen molar-refractivity contribution >= 4 is 29.1 Å². The minimum Gasteiger partial charge on any atom is -0.490 e. The molecular formula is C28H30ClN3O6. The van der Waals surface area contributed by atoms with Crippen LogP contribution in [-0.2, 0) is 22.6 Å². The van der Waals surface area contributed by atoms with E-state index in [0.29, 0.717) is 17.1 Å². The first-order valence-corrected chi connectivity index (χ1v) is 12.5. The molecule has 10 heteroatoms. The first-order valence-electron chi connectivity index (χ1n) is 12.1. The molecule has 2 amide bonds. The number of ether oxygens (including phenoxy) is 2. The fraction of sp³-hybridized carbons (Fsp3) is 0.286. The number of nitrogens with one attached hydrogen (secondary N) is 1. The van der Waals surface area contributed by atoms with E-state index in [2.05, 4.69) is 5.32 Å². The molecule has 0 aliphatic heterocycles. The van der Waals surface area contributed by atoms with Gasteiger partial charge < -0.3 is 19.7 Å². The number of benzene rings is 3. The molecule has 3 rings (SSSR count). The van der Waals surface area contributed by atoms with Crippen LogP contribution in [0, 0.1) is 10.1 Å². The number of amides is 2. The molecule has 1 atom stereocenters. The summed E-state index contributed by atoms with van der Waals surface area (Å²) in [5, 5.41) is 14.6. The molecule has 0 bridgehead atoms. The van der Waals surface area contributed by atoms with Crippen molar-refractivity contribution in [1.29, 1.82) is 0 Å². The highest BCUT2D eigenvalue weighted by Crippen LogP contribution is 2.31. The molecule has 38 heavy (non-hydrogen) atoms. The fourth-order valence-corrected chi connectivity index (χ4v) is 4.05. The summed E-state index contributed by atoms with van der Waals surface area (Å²) in [5.74, 6) is -0.509. The summed E-state index contributed by atoms with van der Waals surface area (Å²) in [7, 11) is 1.31. The Labute approximate surface area is 226 Å². The minimum absolute atomic E-state index is 0.00812. The number of halogens is 1. The Morgan fingerprint density at radius 1 is 1.08 bits per heavy atom. The molecule has 0 radical (unpaired) electrons. The molecular weight excluding hydrogens is 510 g/mol. The van der Waals surface area contributed by atoms with Crippen molar-refractivity contribution in [3.05, 3.63) is 99.1 Å². The summed E-state index contributed by atoms with van der Waals surface area (Å²) in [6, 6.07) is 19.7. The highest BCUT2D eigenvalue weighted by atomic mass is 35.5. The van der Waals surface area contributed by atoms with Crippen molar-refractivity contribution in [3.8, 4) is 11.5 Å². The van der Waals surface area contributed by atoms with Crippen molar-refractivity contribution in [1.82, 2.24) is 10.2 Å². The van der Waals surface area contributed by atoms with Gasteiger partial charge in [-0.3, -0.25) is 19.7 Å². The quantitative estimate of drug-likeness (QED) is 0.247. The highest BCUT2D eigenvalue weighted by molar-refractivity contribution is 6.31. The van der Waals surface area contributed by atoms with Crippen LogP contribution in [0.4, 0.5) is 5.69 Å². The SMILES string of the molecule is CCCNC(=O)[C@H](Cc1ccccc1)N(Cc1ccccc1Cl)C(=O)COc1ccc([N+](=O)[O-])c(OC)c1. The number of hydrogen-bond acceptors (Lipinski definition) is 6. The summed E-state index contributed by atoms with van der Waals surface area (Å²) in [6.45, 7) is 2.10. The lowest BCUT2D eigenvalue weighted by molar-refractivity contribution is -0.385. The van der Waals surface area contributed by atoms with Gasteiger partial charge in [0.15, 0.2) is 6.61 Å². The van der Waals surface area contributed by atoms with E-state index in [1.807, 2.05) is 43.3 Å². The molecule has 0 saturated heterocycles. The average molecular weight is 540 g/mol. The largest absolute Gasteiger partial charge is 0.490 e. The molecule has 0 aromatic heterocycles. The van der Waals surface area contributed by atoms with Crippen LogP contribution in [0.1, 0.15) is 24.5 Å². The molecule has 0 aliphatic rings. The molecule has 3 aromatic carbocycles. The fourth-order valence-electron chi connectivity index (χ4n) is 3.86. The topological polar surface area (TPSA) is 111 Å². The van der Waals surface area contributed by atoms with Crippen LogP contribution in [0.3, 0.4) is 0 Å². The van der Waals surface area contributed by atoms with Gasteiger partial charge in [0, 0.05) is 36.7 Å². The van der Waals surface area contributed by atoms with Crippen molar-refractivity contribution in [3.63, 3.8) is 0 Å². The van der Waals surface area contributed by atoms with Crippen LogP contribution in [0.5, 0.6) is 11.5 Å². The summed E-state index contributed by atoms with van der Waals surface area (Å²) in [6.07, 6.45) is 1.03. The Morgan fingerprint density at radius 2 is 1.79 bits per heavy atom. The summed E-state index contributed by atoms with van der Waals surface area (Å²) >= 11 is 6.41. The molecule has 0 spiro atoms. The maximum absolute atomic E-state index is 13.6. The normalized spacial score (nSPS) is 11.3. The molecule has 0 saturated carbocycles. The van der Waals surface area contributed by atoms with Gasteiger partial charge in [-0.1, -0.05) is 67.1 Å². The Hall–Kier alpha value is -4.11. The third kappa shape index (κ3) is 7.69. The molecule has 3 aromatic rings. The van der Waals surface area contributed by atoms with Gasteiger partial charge in [0.2, 0.25) is 11.7 Å². The maximum atomic E-state index is 13.6. The molecule has 0 aliphatic carbocycles. The van der Waals surface area contributed by atoms with Gasteiger partial charge >= 0.3 is 5.69 Å². The Morgan fingerprint density at radius 3 is 2.45 bits per heavy atom. The van der Waals surface area contributed by atoms with Crippen LogP contribution in [-0.4, -0.2) is 47.9 Å². The predicted molar refractivity (Wildman–Crippen MR) is 144 cm³/mol. The van der Waals surface area contributed by atoms with E-state index < -0.39 is 23.5 Å². The average Bonchev–Trinajstić information content (AvgIpc) is 2.93. The van der Waals surface area contributed by atoms with Gasteiger partial charge in [-0.25, -0.2) is 0 Å². The number of carbonyl (C=O) groups is 2. The molecule has 0 heterocycles. The summed E-state index contributed by atoms with van der Waals surface area (Å²) in [5.41, 5.74) is 1.35. The lowest BCUT2D eigenvalue weighted by Gasteiger charge is -2.31. The van der Waals surface area contributed by atoms with Crippen molar-refractivity contribution < 1.29 is 24.0 Å². The van der Waals surface area contributed by atoms with E-state index >= 15 is 0 Å². The molecule has 0 fully saturated rings. The first kappa shape index (κ1) is 28.5. The van der Waals surface area contributed by atoms with Gasteiger partial charge in [0.05, 0.1) is 12.0 Å². The lowest BCUT2D eigenvalue weighted by Crippen LogP contribution is -2.51. The second-order valence-corrected chi connectivity index (χ2v) is 8.90. The monoisotopic (exact) mass is 539 g/mol.